The lowest BCUT2D eigenvalue weighted by atomic mass is 10.0. The van der Waals surface area contributed by atoms with Crippen molar-refractivity contribution >= 4 is 23.6 Å². The van der Waals surface area contributed by atoms with Gasteiger partial charge in [0.1, 0.15) is 61.1 Å². The van der Waals surface area contributed by atoms with E-state index < -0.39 is 24.0 Å². The summed E-state index contributed by atoms with van der Waals surface area (Å²) >= 11 is 0. The molecule has 14 heteroatoms. The van der Waals surface area contributed by atoms with Crippen molar-refractivity contribution in [2.75, 3.05) is 17.7 Å². The number of carbonyl (C=O) groups excluding carboxylic acids is 1. The standard InChI is InChI=1S/C28H27N3O4.C27H25N3O4/c1-34-28(33)25(16-20-8-4-2-5-9-20)31-27-24(17-32)26(29-19-30-27)22-12-14-23(15-13-22)35-18-21-10-6-3-7-11-21;31-16-23-25(21-11-13-22(14-12-21)34-17-20-9-5-2-6-10-20)28-18-29-26(23)30-24(27(32)33)15-19-7-3-1-4-8-19/h2-15,19,25,32H,16-18H2,1H3,(H,29,30,31);1-14,18,24,31H,15-17H2,(H,32,33)(H,28,29,30). The molecule has 0 bridgehead atoms. The molecular formula is C55H52N6O8. The molecule has 0 radical (unpaired) electrons. The first-order valence-electron chi connectivity index (χ1n) is 22.2. The Hall–Kier alpha value is -8.46. The SMILES string of the molecule is COC(=O)C(Cc1ccccc1)Nc1ncnc(-c2ccc(OCc3ccccc3)cc2)c1CO.O=C(O)C(Cc1ccccc1)Nc1ncnc(-c2ccc(OCc3ccccc3)cc2)c1CO. The highest BCUT2D eigenvalue weighted by molar-refractivity contribution is 5.81. The van der Waals surface area contributed by atoms with Gasteiger partial charge in [0, 0.05) is 35.1 Å². The van der Waals surface area contributed by atoms with Crippen LogP contribution in [-0.2, 0) is 53.6 Å². The van der Waals surface area contributed by atoms with Gasteiger partial charge in [-0.2, -0.15) is 0 Å². The Balaban J connectivity index is 0.000000204. The third-order valence-corrected chi connectivity index (χ3v) is 10.9. The van der Waals surface area contributed by atoms with E-state index >= 15 is 0 Å². The summed E-state index contributed by atoms with van der Waals surface area (Å²) in [4.78, 5) is 41.6. The number of nitrogens with zero attached hydrogens (tertiary/aromatic N) is 4. The first-order valence-corrected chi connectivity index (χ1v) is 22.2. The Morgan fingerprint density at radius 3 is 1.22 bits per heavy atom. The van der Waals surface area contributed by atoms with Crippen molar-refractivity contribution in [2.45, 2.75) is 51.4 Å². The quantitative estimate of drug-likeness (QED) is 0.0455. The van der Waals surface area contributed by atoms with Crippen LogP contribution in [0, 0.1) is 0 Å². The molecule has 6 aromatic carbocycles. The number of anilines is 2. The number of aliphatic carboxylic acids is 1. The second-order valence-corrected chi connectivity index (χ2v) is 15.6. The molecule has 0 aliphatic rings. The van der Waals surface area contributed by atoms with Gasteiger partial charge in [-0.05, 0) is 70.8 Å². The van der Waals surface area contributed by atoms with Crippen LogP contribution in [0.1, 0.15) is 33.4 Å². The number of carboxylic acid groups (broad SMARTS) is 1. The maximum Gasteiger partial charge on any atom is 0.328 e. The van der Waals surface area contributed by atoms with Crippen molar-refractivity contribution in [3.05, 3.63) is 216 Å². The number of aromatic nitrogens is 4. The van der Waals surface area contributed by atoms with Crippen LogP contribution in [0.25, 0.3) is 22.5 Å². The van der Waals surface area contributed by atoms with Gasteiger partial charge in [-0.3, -0.25) is 0 Å². The highest BCUT2D eigenvalue weighted by Gasteiger charge is 2.24. The normalized spacial score (nSPS) is 11.5. The molecule has 14 nitrogen and oxygen atoms in total. The number of nitrogens with one attached hydrogen (secondary N) is 2. The molecule has 5 N–H and O–H groups in total. The summed E-state index contributed by atoms with van der Waals surface area (Å²) in [6.07, 6.45) is 3.45. The molecule has 8 rings (SSSR count). The highest BCUT2D eigenvalue weighted by Crippen LogP contribution is 2.30. The molecule has 0 spiro atoms. The fourth-order valence-electron chi connectivity index (χ4n) is 7.34. The van der Waals surface area contributed by atoms with Gasteiger partial charge in [0.15, 0.2) is 0 Å². The van der Waals surface area contributed by atoms with E-state index in [2.05, 4.69) is 30.6 Å². The number of aliphatic hydroxyl groups is 2. The van der Waals surface area contributed by atoms with Crippen LogP contribution in [0.15, 0.2) is 183 Å². The van der Waals surface area contributed by atoms with Gasteiger partial charge >= 0.3 is 11.9 Å². The molecule has 0 aliphatic heterocycles. The number of benzene rings is 6. The number of methoxy groups -OCH3 is 1. The van der Waals surface area contributed by atoms with Gasteiger partial charge in [0.05, 0.1) is 31.7 Å². The molecule has 0 fully saturated rings. The molecule has 2 unspecified atom stereocenters. The van der Waals surface area contributed by atoms with Crippen LogP contribution >= 0.6 is 0 Å². The van der Waals surface area contributed by atoms with Crippen LogP contribution in [-0.4, -0.2) is 66.4 Å². The van der Waals surface area contributed by atoms with Crippen LogP contribution in [0.2, 0.25) is 0 Å². The third kappa shape index (κ3) is 13.8. The average molecular weight is 925 g/mol. The first-order chi connectivity index (χ1) is 33.8. The molecule has 69 heavy (non-hydrogen) atoms. The molecule has 2 heterocycles. The maximum absolute atomic E-state index is 12.5. The monoisotopic (exact) mass is 924 g/mol. The number of hydrogen-bond acceptors (Lipinski definition) is 13. The fourth-order valence-corrected chi connectivity index (χ4v) is 7.34. The molecule has 0 aliphatic carbocycles. The van der Waals surface area contributed by atoms with Crippen molar-refractivity contribution < 1.29 is 39.1 Å². The van der Waals surface area contributed by atoms with E-state index in [1.165, 1.54) is 19.8 Å². The molecule has 8 aromatic rings. The Bertz CT molecular complexity index is 2840. The molecule has 350 valence electrons. The zero-order valence-electron chi connectivity index (χ0n) is 37.9. The topological polar surface area (TPSA) is 198 Å². The number of rotatable bonds is 20. The number of aliphatic hydroxyl groups excluding tert-OH is 2. The Morgan fingerprint density at radius 2 is 0.855 bits per heavy atom. The van der Waals surface area contributed by atoms with Crippen LogP contribution in [0.5, 0.6) is 11.5 Å². The number of ether oxygens (including phenoxy) is 3. The minimum absolute atomic E-state index is 0.272. The minimum atomic E-state index is -1.01. The zero-order valence-corrected chi connectivity index (χ0v) is 37.9. The van der Waals surface area contributed by atoms with Crippen LogP contribution in [0.4, 0.5) is 11.6 Å². The lowest BCUT2D eigenvalue weighted by Gasteiger charge is -2.20. The Kier molecular flexibility index (Phi) is 17.5. The van der Waals surface area contributed by atoms with E-state index in [1.807, 2.05) is 170 Å². The lowest BCUT2D eigenvalue weighted by molar-refractivity contribution is -0.141. The Morgan fingerprint density at radius 1 is 0.493 bits per heavy atom. The smallest absolute Gasteiger partial charge is 0.328 e. The first kappa shape index (κ1) is 48.5. The molecule has 0 saturated carbocycles. The summed E-state index contributed by atoms with van der Waals surface area (Å²) in [5, 5.41) is 36.1. The van der Waals surface area contributed by atoms with E-state index in [-0.39, 0.29) is 19.6 Å². The van der Waals surface area contributed by atoms with E-state index in [1.54, 1.807) is 0 Å². The van der Waals surface area contributed by atoms with Crippen LogP contribution < -0.4 is 20.1 Å². The summed E-state index contributed by atoms with van der Waals surface area (Å²) in [5.74, 6) is 0.683. The second-order valence-electron chi connectivity index (χ2n) is 15.6. The van der Waals surface area contributed by atoms with E-state index in [0.717, 1.165) is 39.1 Å². The van der Waals surface area contributed by atoms with Gasteiger partial charge in [-0.15, -0.1) is 0 Å². The largest absolute Gasteiger partial charge is 0.489 e. The number of carbonyl (C=O) groups is 2. The summed E-state index contributed by atoms with van der Waals surface area (Å²) in [7, 11) is 1.35. The molecule has 2 atom stereocenters. The fraction of sp³-hybridized carbons (Fsp3) is 0.164. The maximum atomic E-state index is 12.5. The van der Waals surface area contributed by atoms with Gasteiger partial charge in [-0.25, -0.2) is 29.5 Å². The van der Waals surface area contributed by atoms with E-state index in [0.29, 0.717) is 59.5 Å². The van der Waals surface area contributed by atoms with Crippen molar-refractivity contribution in [3.8, 4) is 34.0 Å². The van der Waals surface area contributed by atoms with Crippen molar-refractivity contribution in [3.63, 3.8) is 0 Å². The van der Waals surface area contributed by atoms with Gasteiger partial charge < -0.3 is 40.2 Å². The number of carboxylic acids is 1. The second kappa shape index (κ2) is 24.9. The summed E-state index contributed by atoms with van der Waals surface area (Å²) < 4.78 is 16.7. The van der Waals surface area contributed by atoms with Gasteiger partial charge in [0.2, 0.25) is 0 Å². The summed E-state index contributed by atoms with van der Waals surface area (Å²) in [5.41, 5.74) is 7.59. The summed E-state index contributed by atoms with van der Waals surface area (Å²) in [6.45, 7) is 0.286. The molecule has 0 amide bonds. The molecular weight excluding hydrogens is 873 g/mol. The predicted octanol–water partition coefficient (Wildman–Crippen LogP) is 8.73. The van der Waals surface area contributed by atoms with E-state index in [4.69, 9.17) is 14.2 Å². The van der Waals surface area contributed by atoms with Crippen molar-refractivity contribution in [1.82, 2.24) is 19.9 Å². The number of hydrogen-bond donors (Lipinski definition) is 5. The van der Waals surface area contributed by atoms with Crippen molar-refractivity contribution in [1.29, 1.82) is 0 Å². The van der Waals surface area contributed by atoms with Gasteiger partial charge in [0.25, 0.3) is 0 Å². The highest BCUT2D eigenvalue weighted by atomic mass is 16.5. The zero-order chi connectivity index (χ0) is 48.2. The number of esters is 1. The predicted molar refractivity (Wildman–Crippen MR) is 263 cm³/mol. The van der Waals surface area contributed by atoms with Gasteiger partial charge in [-0.1, -0.05) is 121 Å². The lowest BCUT2D eigenvalue weighted by Crippen LogP contribution is -2.33. The van der Waals surface area contributed by atoms with Crippen LogP contribution in [0.3, 0.4) is 0 Å². The third-order valence-electron chi connectivity index (χ3n) is 10.9. The minimum Gasteiger partial charge on any atom is -0.489 e. The Labute approximate surface area is 400 Å². The molecule has 2 aromatic heterocycles. The van der Waals surface area contributed by atoms with Crippen molar-refractivity contribution in [2.24, 2.45) is 0 Å². The average Bonchev–Trinajstić information content (AvgIpc) is 3.40. The molecule has 0 saturated heterocycles. The van der Waals surface area contributed by atoms with E-state index in [9.17, 15) is 24.9 Å². The summed E-state index contributed by atoms with van der Waals surface area (Å²) in [6, 6.07) is 52.1.